The first kappa shape index (κ1) is 19.6. The summed E-state index contributed by atoms with van der Waals surface area (Å²) in [6, 6.07) is 0. The highest BCUT2D eigenvalue weighted by atomic mass is 31.2. The van der Waals surface area contributed by atoms with Gasteiger partial charge in [0, 0.05) is 6.54 Å². The molecule has 0 amide bonds. The fourth-order valence-corrected chi connectivity index (χ4v) is 2.70. The van der Waals surface area contributed by atoms with E-state index in [1.807, 2.05) is 19.0 Å². The van der Waals surface area contributed by atoms with Crippen LogP contribution in [0.1, 0.15) is 40.0 Å². The molecule has 0 aliphatic rings. The van der Waals surface area contributed by atoms with Crippen LogP contribution in [0.4, 0.5) is 0 Å². The zero-order valence-electron chi connectivity index (χ0n) is 13.1. The Balaban J connectivity index is 4.36. The molecule has 0 aromatic carbocycles. The molecule has 7 heteroatoms. The molecule has 1 atom stereocenters. The minimum atomic E-state index is -4.09. The van der Waals surface area contributed by atoms with Crippen molar-refractivity contribution in [3.8, 4) is 0 Å². The van der Waals surface area contributed by atoms with E-state index in [2.05, 4.69) is 0 Å². The summed E-state index contributed by atoms with van der Waals surface area (Å²) in [6.45, 7) is 6.22. The first-order valence-electron chi connectivity index (χ1n) is 6.88. The molecule has 120 valence electrons. The third kappa shape index (κ3) is 7.39. The molecule has 0 spiro atoms. The monoisotopic (exact) mass is 309 g/mol. The molecular weight excluding hydrogens is 281 g/mol. The normalized spacial score (nSPS) is 14.4. The van der Waals surface area contributed by atoms with Crippen LogP contribution in [-0.4, -0.2) is 53.6 Å². The third-order valence-corrected chi connectivity index (χ3v) is 4.95. The molecule has 0 saturated carbocycles. The molecule has 0 heterocycles. The lowest BCUT2D eigenvalue weighted by molar-refractivity contribution is -0.154. The summed E-state index contributed by atoms with van der Waals surface area (Å²) in [5.41, 5.74) is -1.41. The number of esters is 1. The van der Waals surface area contributed by atoms with E-state index >= 15 is 0 Å². The molecule has 20 heavy (non-hydrogen) atoms. The number of likely N-dealkylation sites (N-methyl/N-ethyl adjacent to an activating group) is 1. The van der Waals surface area contributed by atoms with Crippen LogP contribution in [0.3, 0.4) is 0 Å². The van der Waals surface area contributed by atoms with Gasteiger partial charge in [0.15, 0.2) is 0 Å². The van der Waals surface area contributed by atoms with Crippen molar-refractivity contribution in [1.29, 1.82) is 0 Å². The Morgan fingerprint density at radius 2 is 1.90 bits per heavy atom. The first-order valence-corrected chi connectivity index (χ1v) is 8.56. The maximum atomic E-state index is 12.0. The van der Waals surface area contributed by atoms with Crippen LogP contribution >= 0.6 is 7.60 Å². The Kier molecular flexibility index (Phi) is 7.96. The summed E-state index contributed by atoms with van der Waals surface area (Å²) in [5, 5.41) is 0. The topological polar surface area (TPSA) is 87.1 Å². The lowest BCUT2D eigenvalue weighted by Crippen LogP contribution is -2.30. The molecule has 0 fully saturated rings. The fraction of sp³-hybridized carbons (Fsp3) is 0.923. The molecule has 0 aromatic heterocycles. The van der Waals surface area contributed by atoms with Crippen LogP contribution in [0.5, 0.6) is 0 Å². The van der Waals surface area contributed by atoms with Crippen LogP contribution < -0.4 is 0 Å². The van der Waals surface area contributed by atoms with Gasteiger partial charge in [-0.15, -0.1) is 0 Å². The summed E-state index contributed by atoms with van der Waals surface area (Å²) in [6.07, 6.45) is 1.12. The van der Waals surface area contributed by atoms with Crippen molar-refractivity contribution in [2.75, 3.05) is 27.2 Å². The van der Waals surface area contributed by atoms with E-state index in [0.717, 1.165) is 0 Å². The average Bonchev–Trinajstić information content (AvgIpc) is 2.27. The van der Waals surface area contributed by atoms with Gasteiger partial charge in [0.25, 0.3) is 0 Å². The smallest absolute Gasteiger partial charge is 0.328 e. The minimum Gasteiger partial charge on any atom is -0.464 e. The van der Waals surface area contributed by atoms with Gasteiger partial charge in [0.2, 0.25) is 0 Å². The highest BCUT2D eigenvalue weighted by molar-refractivity contribution is 7.52. The summed E-state index contributed by atoms with van der Waals surface area (Å²) in [5.74, 6) is -0.320. The Morgan fingerprint density at radius 3 is 2.30 bits per heavy atom. The molecule has 0 bridgehead atoms. The Labute approximate surface area is 121 Å². The highest BCUT2D eigenvalue weighted by Gasteiger charge is 2.33. The van der Waals surface area contributed by atoms with Gasteiger partial charge >= 0.3 is 13.6 Å². The van der Waals surface area contributed by atoms with Gasteiger partial charge in [-0.25, -0.2) is 0 Å². The van der Waals surface area contributed by atoms with Gasteiger partial charge in [-0.1, -0.05) is 6.92 Å². The number of ether oxygens (including phenoxy) is 1. The second kappa shape index (κ2) is 8.13. The number of carbonyl (C=O) groups excluding carboxylic acids is 1. The molecule has 0 radical (unpaired) electrons. The fourth-order valence-electron chi connectivity index (χ4n) is 1.76. The van der Waals surface area contributed by atoms with E-state index in [-0.39, 0.29) is 5.97 Å². The molecule has 6 nitrogen and oxygen atoms in total. The van der Waals surface area contributed by atoms with Crippen molar-refractivity contribution in [2.45, 2.75) is 45.7 Å². The molecule has 0 rings (SSSR count). The zero-order chi connectivity index (χ0) is 16.0. The number of nitrogens with zero attached hydrogens (tertiary/aromatic N) is 1. The van der Waals surface area contributed by atoms with Crippen molar-refractivity contribution in [2.24, 2.45) is 5.41 Å². The minimum absolute atomic E-state index is 0.316. The van der Waals surface area contributed by atoms with Crippen LogP contribution in [-0.2, 0) is 14.1 Å². The molecule has 2 N–H and O–H groups in total. The van der Waals surface area contributed by atoms with E-state index in [1.165, 1.54) is 0 Å². The quantitative estimate of drug-likeness (QED) is 0.499. The van der Waals surface area contributed by atoms with E-state index in [1.54, 1.807) is 20.8 Å². The summed E-state index contributed by atoms with van der Waals surface area (Å²) in [7, 11) is -0.298. The van der Waals surface area contributed by atoms with Gasteiger partial charge < -0.3 is 19.4 Å². The van der Waals surface area contributed by atoms with Crippen molar-refractivity contribution in [3.05, 3.63) is 0 Å². The van der Waals surface area contributed by atoms with Crippen LogP contribution in [0, 0.1) is 5.41 Å². The van der Waals surface area contributed by atoms with Crippen LogP contribution in [0.25, 0.3) is 0 Å². The van der Waals surface area contributed by atoms with Crippen molar-refractivity contribution in [3.63, 3.8) is 0 Å². The van der Waals surface area contributed by atoms with Crippen molar-refractivity contribution >= 4 is 13.6 Å². The van der Waals surface area contributed by atoms with Gasteiger partial charge in [0.1, 0.15) is 6.61 Å². The molecule has 0 aliphatic carbocycles. The molecule has 0 saturated heterocycles. The second-order valence-corrected chi connectivity index (χ2v) is 7.92. The van der Waals surface area contributed by atoms with Gasteiger partial charge in [-0.3, -0.25) is 9.36 Å². The van der Waals surface area contributed by atoms with E-state index < -0.39 is 18.7 Å². The standard InChI is InChI=1S/C13H28NO5P/c1-6-11(20(16,17)18)7-8-13(2,3)12(15)19-10-9-14(4)5/h11H,6-10H2,1-5H3,(H2,16,17,18). The van der Waals surface area contributed by atoms with Gasteiger partial charge in [-0.05, 0) is 47.2 Å². The second-order valence-electron chi connectivity index (χ2n) is 6.01. The van der Waals surface area contributed by atoms with Crippen molar-refractivity contribution < 1.29 is 23.9 Å². The van der Waals surface area contributed by atoms with E-state index in [4.69, 9.17) is 4.74 Å². The van der Waals surface area contributed by atoms with Gasteiger partial charge in [0.05, 0.1) is 11.1 Å². The lowest BCUT2D eigenvalue weighted by Gasteiger charge is -2.25. The van der Waals surface area contributed by atoms with E-state index in [0.29, 0.717) is 32.4 Å². The number of hydrogen-bond acceptors (Lipinski definition) is 4. The van der Waals surface area contributed by atoms with Crippen LogP contribution in [0.2, 0.25) is 0 Å². The summed E-state index contributed by atoms with van der Waals surface area (Å²) < 4.78 is 16.5. The highest BCUT2D eigenvalue weighted by Crippen LogP contribution is 2.46. The Morgan fingerprint density at radius 1 is 1.35 bits per heavy atom. The SMILES string of the molecule is CCC(CCC(C)(C)C(=O)OCCN(C)C)P(=O)(O)O. The van der Waals surface area contributed by atoms with Gasteiger partial charge in [-0.2, -0.15) is 0 Å². The maximum Gasteiger partial charge on any atom is 0.328 e. The molecule has 0 aliphatic heterocycles. The van der Waals surface area contributed by atoms with Crippen LogP contribution in [0.15, 0.2) is 0 Å². The Bertz CT molecular complexity index is 351. The zero-order valence-corrected chi connectivity index (χ0v) is 14.0. The van der Waals surface area contributed by atoms with Crippen molar-refractivity contribution in [1.82, 2.24) is 4.90 Å². The number of rotatable bonds is 9. The summed E-state index contributed by atoms with van der Waals surface area (Å²) >= 11 is 0. The van der Waals surface area contributed by atoms with E-state index in [9.17, 15) is 19.1 Å². The average molecular weight is 309 g/mol. The Hall–Kier alpha value is -0.420. The maximum absolute atomic E-state index is 12.0. The predicted molar refractivity (Wildman–Crippen MR) is 78.7 cm³/mol. The number of carbonyl (C=O) groups is 1. The number of hydrogen-bond donors (Lipinski definition) is 2. The summed E-state index contributed by atoms with van der Waals surface area (Å²) in [4.78, 5) is 32.3. The lowest BCUT2D eigenvalue weighted by atomic mass is 9.87. The first-order chi connectivity index (χ1) is 9.00. The third-order valence-electron chi connectivity index (χ3n) is 3.37. The largest absolute Gasteiger partial charge is 0.464 e. The molecular formula is C13H28NO5P. The molecule has 0 aromatic rings. The predicted octanol–water partition coefficient (Wildman–Crippen LogP) is 1.85. The molecule has 1 unspecified atom stereocenters.